The van der Waals surface area contributed by atoms with Crippen molar-refractivity contribution in [2.75, 3.05) is 38.2 Å². The van der Waals surface area contributed by atoms with Crippen molar-refractivity contribution in [1.82, 2.24) is 14.5 Å². The molecule has 1 aliphatic heterocycles. The molecule has 6 nitrogen and oxygen atoms in total. The number of ether oxygens (including phenoxy) is 1. The predicted molar refractivity (Wildman–Crippen MR) is 138 cm³/mol. The van der Waals surface area contributed by atoms with Crippen LogP contribution < -0.4 is 9.64 Å². The molecule has 0 aliphatic carbocycles. The third-order valence-corrected chi connectivity index (χ3v) is 7.33. The molecule has 0 atom stereocenters. The van der Waals surface area contributed by atoms with Crippen molar-refractivity contribution >= 4 is 34.3 Å². The van der Waals surface area contributed by atoms with Gasteiger partial charge in [0.15, 0.2) is 0 Å². The summed E-state index contributed by atoms with van der Waals surface area (Å²) in [4.78, 5) is 22.0. The van der Waals surface area contributed by atoms with Gasteiger partial charge < -0.3 is 19.1 Å². The van der Waals surface area contributed by atoms with E-state index in [2.05, 4.69) is 52.3 Å². The SMILES string of the molecule is COc1ccc(CSc2nccc3c2ccn3CC(=O)N2CCN(c3ccccc3)CC2)cc1. The summed E-state index contributed by atoms with van der Waals surface area (Å²) >= 11 is 1.71. The molecule has 1 fully saturated rings. The largest absolute Gasteiger partial charge is 0.497 e. The maximum Gasteiger partial charge on any atom is 0.242 e. The van der Waals surface area contributed by atoms with Crippen molar-refractivity contribution in [3.63, 3.8) is 0 Å². The van der Waals surface area contributed by atoms with E-state index in [1.54, 1.807) is 18.9 Å². The second-order valence-electron chi connectivity index (χ2n) is 8.33. The Kier molecular flexibility index (Phi) is 6.72. The highest BCUT2D eigenvalue weighted by Gasteiger charge is 2.22. The zero-order chi connectivity index (χ0) is 23.3. The Balaban J connectivity index is 1.22. The van der Waals surface area contributed by atoms with Crippen LogP contribution in [0.5, 0.6) is 5.75 Å². The lowest BCUT2D eigenvalue weighted by Gasteiger charge is -2.36. The van der Waals surface area contributed by atoms with Gasteiger partial charge in [-0.15, -0.1) is 11.8 Å². The minimum absolute atomic E-state index is 0.162. The lowest BCUT2D eigenvalue weighted by molar-refractivity contribution is -0.132. The van der Waals surface area contributed by atoms with Crippen LogP contribution in [-0.4, -0.2) is 53.6 Å². The zero-order valence-electron chi connectivity index (χ0n) is 19.3. The van der Waals surface area contributed by atoms with Gasteiger partial charge in [0.05, 0.1) is 12.6 Å². The molecular formula is C27H28N4O2S. The van der Waals surface area contributed by atoms with Crippen molar-refractivity contribution in [3.05, 3.63) is 84.7 Å². The molecule has 5 rings (SSSR count). The minimum Gasteiger partial charge on any atom is -0.497 e. The molecule has 0 saturated carbocycles. The highest BCUT2D eigenvalue weighted by Crippen LogP contribution is 2.29. The number of amides is 1. The summed E-state index contributed by atoms with van der Waals surface area (Å²) < 4.78 is 7.28. The number of benzene rings is 2. The van der Waals surface area contributed by atoms with Crippen LogP contribution in [0, 0.1) is 0 Å². The number of carbonyl (C=O) groups is 1. The molecule has 0 N–H and O–H groups in total. The number of carbonyl (C=O) groups excluding carboxylic acids is 1. The first kappa shape index (κ1) is 22.3. The highest BCUT2D eigenvalue weighted by atomic mass is 32.2. The van der Waals surface area contributed by atoms with Gasteiger partial charge in [0.25, 0.3) is 0 Å². The Labute approximate surface area is 204 Å². The topological polar surface area (TPSA) is 50.6 Å². The van der Waals surface area contributed by atoms with E-state index in [4.69, 9.17) is 4.74 Å². The summed E-state index contributed by atoms with van der Waals surface area (Å²) in [7, 11) is 1.68. The standard InChI is InChI=1S/C27H28N4O2S/c1-33-23-9-7-21(8-10-23)20-34-27-24-12-14-31(25(24)11-13-28-27)19-26(32)30-17-15-29(16-18-30)22-5-3-2-4-6-22/h2-14H,15-20H2,1H3. The van der Waals surface area contributed by atoms with Crippen molar-refractivity contribution in [2.45, 2.75) is 17.3 Å². The number of hydrogen-bond donors (Lipinski definition) is 0. The van der Waals surface area contributed by atoms with Crippen molar-refractivity contribution in [3.8, 4) is 5.75 Å². The number of hydrogen-bond acceptors (Lipinski definition) is 5. The minimum atomic E-state index is 0.162. The van der Waals surface area contributed by atoms with Crippen LogP contribution in [0.1, 0.15) is 5.56 Å². The molecule has 7 heteroatoms. The number of thioether (sulfide) groups is 1. The van der Waals surface area contributed by atoms with Crippen LogP contribution in [0.25, 0.3) is 10.9 Å². The van der Waals surface area contributed by atoms with E-state index in [0.29, 0.717) is 6.54 Å². The molecule has 0 bridgehead atoms. The number of pyridine rings is 1. The fourth-order valence-electron chi connectivity index (χ4n) is 4.32. The van der Waals surface area contributed by atoms with Crippen LogP contribution >= 0.6 is 11.8 Å². The summed E-state index contributed by atoms with van der Waals surface area (Å²) in [6, 6.07) is 22.6. The van der Waals surface area contributed by atoms with Crippen LogP contribution in [-0.2, 0) is 17.1 Å². The predicted octanol–water partition coefficient (Wildman–Crippen LogP) is 4.69. The average molecular weight is 473 g/mol. The Morgan fingerprint density at radius 2 is 1.74 bits per heavy atom. The summed E-state index contributed by atoms with van der Waals surface area (Å²) in [5, 5.41) is 2.07. The summed E-state index contributed by atoms with van der Waals surface area (Å²) in [6.45, 7) is 3.56. The van der Waals surface area contributed by atoms with Crippen molar-refractivity contribution in [2.24, 2.45) is 0 Å². The van der Waals surface area contributed by atoms with Crippen LogP contribution in [0.4, 0.5) is 5.69 Å². The van der Waals surface area contributed by atoms with E-state index in [1.165, 1.54) is 11.3 Å². The molecule has 1 aliphatic rings. The second-order valence-corrected chi connectivity index (χ2v) is 9.30. The number of rotatable bonds is 7. The molecular weight excluding hydrogens is 444 g/mol. The van der Waals surface area contributed by atoms with Crippen LogP contribution in [0.15, 0.2) is 84.1 Å². The average Bonchev–Trinajstić information content (AvgIpc) is 3.31. The maximum atomic E-state index is 13.1. The molecule has 0 unspecified atom stereocenters. The molecule has 4 aromatic rings. The van der Waals surface area contributed by atoms with Crippen molar-refractivity contribution < 1.29 is 9.53 Å². The third kappa shape index (κ3) is 4.89. The number of para-hydroxylation sites is 1. The molecule has 1 amide bonds. The molecule has 174 valence electrons. The summed E-state index contributed by atoms with van der Waals surface area (Å²) in [5.74, 6) is 1.85. The molecule has 1 saturated heterocycles. The summed E-state index contributed by atoms with van der Waals surface area (Å²) in [6.07, 6.45) is 3.83. The van der Waals surface area contributed by atoms with Gasteiger partial charge in [0.1, 0.15) is 17.3 Å². The number of methoxy groups -OCH3 is 1. The first-order valence-corrected chi connectivity index (χ1v) is 12.5. The first-order chi connectivity index (χ1) is 16.7. The van der Waals surface area contributed by atoms with E-state index >= 15 is 0 Å². The Morgan fingerprint density at radius 1 is 0.971 bits per heavy atom. The number of nitrogens with zero attached hydrogens (tertiary/aromatic N) is 4. The smallest absolute Gasteiger partial charge is 0.242 e. The van der Waals surface area contributed by atoms with Crippen LogP contribution in [0.3, 0.4) is 0 Å². The molecule has 34 heavy (non-hydrogen) atoms. The van der Waals surface area contributed by atoms with E-state index in [0.717, 1.165) is 53.6 Å². The van der Waals surface area contributed by atoms with E-state index < -0.39 is 0 Å². The number of anilines is 1. The molecule has 2 aromatic heterocycles. The molecule has 0 radical (unpaired) electrons. The van der Waals surface area contributed by atoms with Gasteiger partial charge in [0.2, 0.25) is 5.91 Å². The van der Waals surface area contributed by atoms with Crippen molar-refractivity contribution in [1.29, 1.82) is 0 Å². The Bertz CT molecular complexity index is 1250. The van der Waals surface area contributed by atoms with Gasteiger partial charge in [-0.25, -0.2) is 4.98 Å². The van der Waals surface area contributed by atoms with Gasteiger partial charge in [-0.2, -0.15) is 0 Å². The monoisotopic (exact) mass is 472 g/mol. The lowest BCUT2D eigenvalue weighted by atomic mass is 10.2. The quantitative estimate of drug-likeness (QED) is 0.366. The van der Waals surface area contributed by atoms with E-state index in [-0.39, 0.29) is 5.91 Å². The highest BCUT2D eigenvalue weighted by molar-refractivity contribution is 7.98. The fraction of sp³-hybridized carbons (Fsp3) is 0.259. The molecule has 3 heterocycles. The molecule has 2 aromatic carbocycles. The fourth-order valence-corrected chi connectivity index (χ4v) is 5.28. The van der Waals surface area contributed by atoms with Gasteiger partial charge in [-0.1, -0.05) is 30.3 Å². The van der Waals surface area contributed by atoms with Gasteiger partial charge in [-0.3, -0.25) is 4.79 Å². The Morgan fingerprint density at radius 3 is 2.47 bits per heavy atom. The normalized spacial score (nSPS) is 13.9. The van der Waals surface area contributed by atoms with E-state index in [1.807, 2.05) is 46.1 Å². The number of piperazine rings is 1. The van der Waals surface area contributed by atoms with Gasteiger partial charge in [-0.05, 0) is 42.0 Å². The molecule has 0 spiro atoms. The maximum absolute atomic E-state index is 13.1. The third-order valence-electron chi connectivity index (χ3n) is 6.26. The zero-order valence-corrected chi connectivity index (χ0v) is 20.1. The van der Waals surface area contributed by atoms with E-state index in [9.17, 15) is 4.79 Å². The summed E-state index contributed by atoms with van der Waals surface area (Å²) in [5.41, 5.74) is 3.48. The van der Waals surface area contributed by atoms with Gasteiger partial charge >= 0.3 is 0 Å². The second kappa shape index (κ2) is 10.2. The van der Waals surface area contributed by atoms with Gasteiger partial charge in [0, 0.05) is 55.4 Å². The number of fused-ring (bicyclic) bond motifs is 1. The lowest BCUT2D eigenvalue weighted by Crippen LogP contribution is -2.49. The Hall–Kier alpha value is -3.45. The van der Waals surface area contributed by atoms with Crippen LogP contribution in [0.2, 0.25) is 0 Å². The number of aromatic nitrogens is 2. The first-order valence-electron chi connectivity index (χ1n) is 11.5.